The Hall–Kier alpha value is -1.43. The Morgan fingerprint density at radius 2 is 2.25 bits per heavy atom. The average molecular weight is 173 g/mol. The zero-order chi connectivity index (χ0) is 9.14. The van der Waals surface area contributed by atoms with Crippen molar-refractivity contribution in [2.75, 3.05) is 6.54 Å². The number of hydrogen-bond donors (Lipinski definition) is 2. The van der Waals surface area contributed by atoms with E-state index in [9.17, 15) is 14.0 Å². The fourth-order valence-corrected chi connectivity index (χ4v) is 0.788. The van der Waals surface area contributed by atoms with Crippen LogP contribution in [0.1, 0.15) is 0 Å². The standard InChI is InChI=1S/C6H8FN3O2/c7-4-3-10(2-1-8)6(12)9-5(4)11/h3H,1-2,8H2,(H,9,11,12). The van der Waals surface area contributed by atoms with E-state index in [-0.39, 0.29) is 13.1 Å². The molecule has 0 aliphatic heterocycles. The molecule has 0 radical (unpaired) electrons. The molecule has 1 aromatic rings. The smallest absolute Gasteiger partial charge is 0.328 e. The molecule has 0 aliphatic carbocycles. The molecule has 0 aromatic carbocycles. The van der Waals surface area contributed by atoms with Gasteiger partial charge in [-0.1, -0.05) is 0 Å². The van der Waals surface area contributed by atoms with Crippen LogP contribution in [0.5, 0.6) is 0 Å². The number of nitrogens with two attached hydrogens (primary N) is 1. The van der Waals surface area contributed by atoms with Crippen molar-refractivity contribution in [2.24, 2.45) is 5.73 Å². The third-order valence-corrected chi connectivity index (χ3v) is 1.34. The van der Waals surface area contributed by atoms with E-state index in [4.69, 9.17) is 5.73 Å². The second-order valence-electron chi connectivity index (χ2n) is 2.22. The van der Waals surface area contributed by atoms with Crippen LogP contribution in [0, 0.1) is 5.82 Å². The first kappa shape index (κ1) is 8.66. The zero-order valence-electron chi connectivity index (χ0n) is 6.21. The fraction of sp³-hybridized carbons (Fsp3) is 0.333. The Bertz CT molecular complexity index is 381. The van der Waals surface area contributed by atoms with E-state index in [0.717, 1.165) is 10.8 Å². The fourth-order valence-electron chi connectivity index (χ4n) is 0.788. The molecule has 1 heterocycles. The maximum absolute atomic E-state index is 12.5. The highest BCUT2D eigenvalue weighted by Crippen LogP contribution is 1.82. The minimum absolute atomic E-state index is 0.187. The van der Waals surface area contributed by atoms with Gasteiger partial charge in [0, 0.05) is 13.1 Å². The van der Waals surface area contributed by atoms with Crippen LogP contribution >= 0.6 is 0 Å². The van der Waals surface area contributed by atoms with Crippen molar-refractivity contribution in [1.82, 2.24) is 9.55 Å². The molecule has 0 fully saturated rings. The molecule has 0 amide bonds. The monoisotopic (exact) mass is 173 g/mol. The van der Waals surface area contributed by atoms with Crippen molar-refractivity contribution in [3.05, 3.63) is 32.9 Å². The minimum atomic E-state index is -1.01. The molecule has 6 heteroatoms. The van der Waals surface area contributed by atoms with E-state index < -0.39 is 17.1 Å². The Balaban J connectivity index is 3.24. The van der Waals surface area contributed by atoms with Crippen LogP contribution in [0.3, 0.4) is 0 Å². The SMILES string of the molecule is NCCn1cc(F)c(=O)[nH]c1=O. The Kier molecular flexibility index (Phi) is 2.39. The lowest BCUT2D eigenvalue weighted by molar-refractivity contribution is 0.553. The van der Waals surface area contributed by atoms with Crippen molar-refractivity contribution in [3.8, 4) is 0 Å². The molecule has 1 aromatic heterocycles. The predicted octanol–water partition coefficient (Wildman–Crippen LogP) is -1.37. The number of nitrogens with one attached hydrogen (secondary N) is 1. The summed E-state index contributed by atoms with van der Waals surface area (Å²) in [6, 6.07) is 0. The van der Waals surface area contributed by atoms with Gasteiger partial charge in [0.2, 0.25) is 5.82 Å². The minimum Gasteiger partial charge on any atom is -0.329 e. The molecule has 0 bridgehead atoms. The number of H-pyrrole nitrogens is 1. The van der Waals surface area contributed by atoms with E-state index in [0.29, 0.717) is 0 Å². The molecule has 1 rings (SSSR count). The summed E-state index contributed by atoms with van der Waals surface area (Å²) in [4.78, 5) is 23.2. The van der Waals surface area contributed by atoms with Crippen LogP contribution in [0.2, 0.25) is 0 Å². The largest absolute Gasteiger partial charge is 0.329 e. The summed E-state index contributed by atoms with van der Waals surface area (Å²) >= 11 is 0. The van der Waals surface area contributed by atoms with Gasteiger partial charge in [0.15, 0.2) is 0 Å². The van der Waals surface area contributed by atoms with Crippen molar-refractivity contribution in [1.29, 1.82) is 0 Å². The predicted molar refractivity (Wildman–Crippen MR) is 40.3 cm³/mol. The lowest BCUT2D eigenvalue weighted by atomic mass is 10.5. The summed E-state index contributed by atoms with van der Waals surface area (Å²) in [6.45, 7) is 0.401. The highest BCUT2D eigenvalue weighted by Gasteiger charge is 2.01. The van der Waals surface area contributed by atoms with E-state index in [1.807, 2.05) is 4.98 Å². The third-order valence-electron chi connectivity index (χ3n) is 1.34. The maximum Gasteiger partial charge on any atom is 0.328 e. The molecule has 0 atom stereocenters. The van der Waals surface area contributed by atoms with Crippen molar-refractivity contribution >= 4 is 0 Å². The third kappa shape index (κ3) is 1.59. The van der Waals surface area contributed by atoms with Gasteiger partial charge in [-0.3, -0.25) is 14.3 Å². The topological polar surface area (TPSA) is 80.9 Å². The van der Waals surface area contributed by atoms with Crippen LogP contribution in [0.15, 0.2) is 15.8 Å². The molecule has 0 spiro atoms. The van der Waals surface area contributed by atoms with Crippen molar-refractivity contribution in [3.63, 3.8) is 0 Å². The first-order chi connectivity index (χ1) is 5.65. The number of aromatic amines is 1. The number of aromatic nitrogens is 2. The van der Waals surface area contributed by atoms with E-state index >= 15 is 0 Å². The molecule has 12 heavy (non-hydrogen) atoms. The van der Waals surface area contributed by atoms with Gasteiger partial charge in [-0.05, 0) is 0 Å². The Morgan fingerprint density at radius 1 is 1.58 bits per heavy atom. The summed E-state index contributed by atoms with van der Waals surface area (Å²) in [5.74, 6) is -0.983. The van der Waals surface area contributed by atoms with Gasteiger partial charge in [0.25, 0.3) is 5.56 Å². The van der Waals surface area contributed by atoms with Gasteiger partial charge in [-0.15, -0.1) is 0 Å². The van der Waals surface area contributed by atoms with Crippen molar-refractivity contribution in [2.45, 2.75) is 6.54 Å². The van der Waals surface area contributed by atoms with Gasteiger partial charge in [0.05, 0.1) is 6.20 Å². The van der Waals surface area contributed by atoms with E-state index in [1.54, 1.807) is 0 Å². The molecule has 66 valence electrons. The van der Waals surface area contributed by atoms with Gasteiger partial charge >= 0.3 is 5.69 Å². The quantitative estimate of drug-likeness (QED) is 0.579. The summed E-state index contributed by atoms with van der Waals surface area (Å²) in [6.07, 6.45) is 0.841. The highest BCUT2D eigenvalue weighted by atomic mass is 19.1. The van der Waals surface area contributed by atoms with Gasteiger partial charge in [0.1, 0.15) is 0 Å². The summed E-state index contributed by atoms with van der Waals surface area (Å²) in [5.41, 5.74) is 3.49. The van der Waals surface area contributed by atoms with E-state index in [2.05, 4.69) is 0 Å². The summed E-state index contributed by atoms with van der Waals surface area (Å²) in [7, 11) is 0. The zero-order valence-corrected chi connectivity index (χ0v) is 6.21. The molecule has 0 saturated carbocycles. The van der Waals surface area contributed by atoms with Crippen LogP contribution in [0.4, 0.5) is 4.39 Å². The molecule has 3 N–H and O–H groups in total. The van der Waals surface area contributed by atoms with Gasteiger partial charge < -0.3 is 5.73 Å². The first-order valence-electron chi connectivity index (χ1n) is 3.34. The first-order valence-corrected chi connectivity index (χ1v) is 3.34. The molecule has 0 saturated heterocycles. The second kappa shape index (κ2) is 3.31. The summed E-state index contributed by atoms with van der Waals surface area (Å²) < 4.78 is 13.5. The normalized spacial score (nSPS) is 10.2. The maximum atomic E-state index is 12.5. The molecular weight excluding hydrogens is 165 g/mol. The lowest BCUT2D eigenvalue weighted by Gasteiger charge is -2.00. The number of nitrogens with zero attached hydrogens (tertiary/aromatic N) is 1. The molecule has 5 nitrogen and oxygen atoms in total. The molecule has 0 aliphatic rings. The van der Waals surface area contributed by atoms with Gasteiger partial charge in [-0.2, -0.15) is 4.39 Å². The summed E-state index contributed by atoms with van der Waals surface area (Å²) in [5, 5.41) is 0. The lowest BCUT2D eigenvalue weighted by Crippen LogP contribution is -2.32. The Morgan fingerprint density at radius 3 is 2.83 bits per heavy atom. The average Bonchev–Trinajstić information content (AvgIpc) is 2.01. The van der Waals surface area contributed by atoms with Crippen LogP contribution in [0.25, 0.3) is 0 Å². The van der Waals surface area contributed by atoms with Gasteiger partial charge in [-0.25, -0.2) is 4.79 Å². The number of hydrogen-bond acceptors (Lipinski definition) is 3. The van der Waals surface area contributed by atoms with E-state index in [1.165, 1.54) is 0 Å². The van der Waals surface area contributed by atoms with Crippen LogP contribution in [-0.4, -0.2) is 16.1 Å². The van der Waals surface area contributed by atoms with Crippen LogP contribution < -0.4 is 17.0 Å². The second-order valence-corrected chi connectivity index (χ2v) is 2.22. The van der Waals surface area contributed by atoms with Crippen molar-refractivity contribution < 1.29 is 4.39 Å². The number of halogens is 1. The Labute approximate surface area is 66.6 Å². The number of rotatable bonds is 2. The highest BCUT2D eigenvalue weighted by molar-refractivity contribution is 4.86. The molecular formula is C6H8FN3O2. The van der Waals surface area contributed by atoms with Crippen LogP contribution in [-0.2, 0) is 6.54 Å². The molecule has 0 unspecified atom stereocenters.